The zero-order valence-electron chi connectivity index (χ0n) is 12.0. The fourth-order valence-electron chi connectivity index (χ4n) is 1.31. The monoisotopic (exact) mass is 331 g/mol. The summed E-state index contributed by atoms with van der Waals surface area (Å²) >= 11 is 10.8. The Bertz CT molecular complexity index is 468. The van der Waals surface area contributed by atoms with Gasteiger partial charge in [0.15, 0.2) is 11.7 Å². The predicted molar refractivity (Wildman–Crippen MR) is 86.5 cm³/mol. The number of thiocarbonyl (C=S) groups is 1. The third-order valence-corrected chi connectivity index (χ3v) is 2.91. The van der Waals surface area contributed by atoms with Crippen LogP contribution >= 0.6 is 23.8 Å². The highest BCUT2D eigenvalue weighted by molar-refractivity contribution is 7.80. The molecule has 0 aliphatic heterocycles. The van der Waals surface area contributed by atoms with E-state index in [1.807, 2.05) is 14.1 Å². The lowest BCUT2D eigenvalue weighted by Crippen LogP contribution is -3.06. The Kier molecular flexibility index (Phi) is 7.81. The maximum absolute atomic E-state index is 11.6. The number of hydrogen-bond acceptors (Lipinski definition) is 3. The summed E-state index contributed by atoms with van der Waals surface area (Å²) in [6.07, 6.45) is 0. The van der Waals surface area contributed by atoms with Crippen molar-refractivity contribution in [3.05, 3.63) is 29.3 Å². The Morgan fingerprint density at radius 1 is 1.29 bits per heavy atom. The van der Waals surface area contributed by atoms with E-state index in [0.717, 1.165) is 13.1 Å². The normalized spacial score (nSPS) is 10.1. The Morgan fingerprint density at radius 2 is 1.95 bits per heavy atom. The van der Waals surface area contributed by atoms with Gasteiger partial charge in [-0.3, -0.25) is 15.6 Å². The number of amides is 1. The number of benzene rings is 1. The van der Waals surface area contributed by atoms with Crippen LogP contribution in [0.4, 0.5) is 0 Å². The molecule has 4 N–H and O–H groups in total. The number of ether oxygens (including phenoxy) is 1. The maximum Gasteiger partial charge on any atom is 0.276 e. The van der Waals surface area contributed by atoms with E-state index in [-0.39, 0.29) is 12.5 Å². The Morgan fingerprint density at radius 3 is 2.57 bits per heavy atom. The minimum Gasteiger partial charge on any atom is -0.484 e. The van der Waals surface area contributed by atoms with Crippen LogP contribution in [0.15, 0.2) is 24.3 Å². The average molecular weight is 332 g/mol. The number of hydrogen-bond donors (Lipinski definition) is 4. The van der Waals surface area contributed by atoms with E-state index in [2.05, 4.69) is 16.2 Å². The first-order valence-electron chi connectivity index (χ1n) is 6.47. The van der Waals surface area contributed by atoms with Crippen molar-refractivity contribution in [2.45, 2.75) is 0 Å². The zero-order valence-corrected chi connectivity index (χ0v) is 13.6. The summed E-state index contributed by atoms with van der Waals surface area (Å²) < 4.78 is 5.29. The number of halogens is 1. The van der Waals surface area contributed by atoms with Crippen molar-refractivity contribution in [3.8, 4) is 5.75 Å². The molecule has 8 heteroatoms. The van der Waals surface area contributed by atoms with Crippen molar-refractivity contribution in [2.24, 2.45) is 0 Å². The first kappa shape index (κ1) is 17.5. The highest BCUT2D eigenvalue weighted by Crippen LogP contribution is 2.15. The van der Waals surface area contributed by atoms with Gasteiger partial charge in [-0.05, 0) is 36.5 Å². The Balaban J connectivity index is 2.16. The molecule has 0 heterocycles. The lowest BCUT2D eigenvalue weighted by atomic mass is 10.3. The summed E-state index contributed by atoms with van der Waals surface area (Å²) in [6.45, 7) is 1.54. The molecule has 0 fully saturated rings. The largest absolute Gasteiger partial charge is 0.484 e. The lowest BCUT2D eigenvalue weighted by molar-refractivity contribution is -0.856. The summed E-state index contributed by atoms with van der Waals surface area (Å²) in [5.41, 5.74) is 5.06. The van der Waals surface area contributed by atoms with E-state index in [0.29, 0.717) is 15.9 Å². The molecular weight excluding hydrogens is 312 g/mol. The van der Waals surface area contributed by atoms with E-state index >= 15 is 0 Å². The molecule has 0 radical (unpaired) electrons. The van der Waals surface area contributed by atoms with Gasteiger partial charge in [0.25, 0.3) is 5.91 Å². The summed E-state index contributed by atoms with van der Waals surface area (Å²) in [6, 6.07) is 6.77. The molecule has 0 aliphatic carbocycles. The second-order valence-corrected chi connectivity index (χ2v) is 5.47. The smallest absolute Gasteiger partial charge is 0.276 e. The molecule has 1 aromatic rings. The summed E-state index contributed by atoms with van der Waals surface area (Å²) in [7, 11) is 4.10. The number of hydrazine groups is 1. The summed E-state index contributed by atoms with van der Waals surface area (Å²) in [5, 5.41) is 3.97. The number of nitrogens with one attached hydrogen (secondary N) is 4. The number of carbonyl (C=O) groups excluding carboxylic acids is 1. The molecule has 0 atom stereocenters. The van der Waals surface area contributed by atoms with Gasteiger partial charge in [0.1, 0.15) is 5.75 Å². The highest BCUT2D eigenvalue weighted by Gasteiger charge is 2.03. The van der Waals surface area contributed by atoms with Crippen molar-refractivity contribution >= 4 is 34.8 Å². The standard InChI is InChI=1S/C13H19ClN4O2S/c1-18(2)8-7-15-13(21)17-16-12(19)9-20-11-5-3-10(14)4-6-11/h3-6H,7-9H2,1-2H3,(H,16,19)(H2,15,17,21)/p+1. The minimum absolute atomic E-state index is 0.112. The van der Waals surface area contributed by atoms with Crippen LogP contribution in [0, 0.1) is 0 Å². The first-order chi connectivity index (χ1) is 9.97. The van der Waals surface area contributed by atoms with E-state index in [4.69, 9.17) is 28.6 Å². The van der Waals surface area contributed by atoms with Gasteiger partial charge < -0.3 is 15.0 Å². The number of quaternary nitrogens is 1. The highest BCUT2D eigenvalue weighted by atomic mass is 35.5. The fraction of sp³-hybridized carbons (Fsp3) is 0.385. The molecule has 0 bridgehead atoms. The van der Waals surface area contributed by atoms with E-state index in [1.54, 1.807) is 24.3 Å². The van der Waals surface area contributed by atoms with Gasteiger partial charge in [-0.2, -0.15) is 0 Å². The summed E-state index contributed by atoms with van der Waals surface area (Å²) in [5.74, 6) is 0.247. The van der Waals surface area contributed by atoms with Gasteiger partial charge >= 0.3 is 0 Å². The molecule has 1 aromatic carbocycles. The van der Waals surface area contributed by atoms with E-state index in [1.165, 1.54) is 4.90 Å². The number of rotatable bonds is 6. The molecule has 1 amide bonds. The molecular formula is C13H20ClN4O2S+. The quantitative estimate of drug-likeness (QED) is 0.412. The predicted octanol–water partition coefficient (Wildman–Crippen LogP) is -0.641. The van der Waals surface area contributed by atoms with E-state index < -0.39 is 0 Å². The maximum atomic E-state index is 11.6. The average Bonchev–Trinajstić information content (AvgIpc) is 2.44. The van der Waals surface area contributed by atoms with Gasteiger partial charge in [-0.15, -0.1) is 0 Å². The van der Waals surface area contributed by atoms with Crippen molar-refractivity contribution in [2.75, 3.05) is 33.8 Å². The van der Waals surface area contributed by atoms with E-state index in [9.17, 15) is 4.79 Å². The molecule has 0 saturated carbocycles. The third kappa shape index (κ3) is 8.34. The van der Waals surface area contributed by atoms with Crippen molar-refractivity contribution in [1.29, 1.82) is 0 Å². The van der Waals surface area contributed by atoms with Gasteiger partial charge in [0.2, 0.25) is 0 Å². The van der Waals surface area contributed by atoms with Crippen LogP contribution in [0.1, 0.15) is 0 Å². The van der Waals surface area contributed by atoms with Gasteiger partial charge in [-0.25, -0.2) is 0 Å². The SMILES string of the molecule is C[NH+](C)CCNC(=S)NNC(=O)COc1ccc(Cl)cc1. The zero-order chi connectivity index (χ0) is 15.7. The molecule has 0 aromatic heterocycles. The van der Waals surface area contributed by atoms with Crippen LogP contribution in [0.5, 0.6) is 5.75 Å². The molecule has 0 saturated heterocycles. The Labute approximate surface area is 134 Å². The molecule has 0 aliphatic rings. The van der Waals surface area contributed by atoms with Crippen LogP contribution in [-0.4, -0.2) is 44.8 Å². The number of likely N-dealkylation sites (N-methyl/N-ethyl adjacent to an activating group) is 1. The molecule has 6 nitrogen and oxygen atoms in total. The second kappa shape index (κ2) is 9.38. The second-order valence-electron chi connectivity index (χ2n) is 4.63. The van der Waals surface area contributed by atoms with Crippen molar-refractivity contribution in [1.82, 2.24) is 16.2 Å². The van der Waals surface area contributed by atoms with Crippen molar-refractivity contribution < 1.29 is 14.4 Å². The number of carbonyl (C=O) groups is 1. The molecule has 116 valence electrons. The van der Waals surface area contributed by atoms with Crippen LogP contribution in [-0.2, 0) is 4.79 Å². The molecule has 0 unspecified atom stereocenters. The topological polar surface area (TPSA) is 66.8 Å². The van der Waals surface area contributed by atoms with Crippen LogP contribution < -0.4 is 25.8 Å². The Hall–Kier alpha value is -1.57. The fourth-order valence-corrected chi connectivity index (χ4v) is 1.59. The lowest BCUT2D eigenvalue weighted by Gasteiger charge is -2.13. The minimum atomic E-state index is -0.327. The van der Waals surface area contributed by atoms with Crippen LogP contribution in [0.3, 0.4) is 0 Å². The van der Waals surface area contributed by atoms with Crippen LogP contribution in [0.2, 0.25) is 5.02 Å². The summed E-state index contributed by atoms with van der Waals surface area (Å²) in [4.78, 5) is 12.9. The van der Waals surface area contributed by atoms with Gasteiger partial charge in [-0.1, -0.05) is 11.6 Å². The third-order valence-electron chi connectivity index (χ3n) is 2.41. The molecule has 1 rings (SSSR count). The van der Waals surface area contributed by atoms with Gasteiger partial charge in [0, 0.05) is 5.02 Å². The molecule has 0 spiro atoms. The van der Waals surface area contributed by atoms with Crippen LogP contribution in [0.25, 0.3) is 0 Å². The molecule has 21 heavy (non-hydrogen) atoms. The van der Waals surface area contributed by atoms with Crippen molar-refractivity contribution in [3.63, 3.8) is 0 Å². The first-order valence-corrected chi connectivity index (χ1v) is 7.26. The van der Waals surface area contributed by atoms with Gasteiger partial charge in [0.05, 0.1) is 27.2 Å².